The Morgan fingerprint density at radius 1 is 0.917 bits per heavy atom. The Balaban J connectivity index is 0.000000409. The van der Waals surface area contributed by atoms with Crippen LogP contribution in [-0.2, 0) is 21.6 Å². The topological polar surface area (TPSA) is 0 Å². The van der Waals surface area contributed by atoms with Gasteiger partial charge in [0.2, 0.25) is 0 Å². The van der Waals surface area contributed by atoms with Gasteiger partial charge in [-0.05, 0) is 0 Å². The van der Waals surface area contributed by atoms with E-state index in [4.69, 9.17) is 0 Å². The van der Waals surface area contributed by atoms with Gasteiger partial charge in [-0.1, -0.05) is 36.4 Å². The van der Waals surface area contributed by atoms with Gasteiger partial charge in [0.25, 0.3) is 0 Å². The van der Waals surface area contributed by atoms with Crippen LogP contribution in [0.1, 0.15) is 6.42 Å². The van der Waals surface area contributed by atoms with Crippen molar-refractivity contribution in [3.63, 3.8) is 0 Å². The molecule has 0 aliphatic heterocycles. The van der Waals surface area contributed by atoms with E-state index >= 15 is 0 Å². The van der Waals surface area contributed by atoms with Crippen LogP contribution in [0.2, 0.25) is 11.5 Å². The van der Waals surface area contributed by atoms with Crippen LogP contribution in [0.15, 0.2) is 72.8 Å². The van der Waals surface area contributed by atoms with E-state index in [9.17, 15) is 0 Å². The molecule has 0 bridgehead atoms. The fraction of sp³-hybridized carbons (Fsp3) is 0.150. The second-order valence-corrected chi connectivity index (χ2v) is 22.3. The third-order valence-electron chi connectivity index (χ3n) is 3.11. The summed E-state index contributed by atoms with van der Waals surface area (Å²) in [6.07, 6.45) is 10.0. The van der Waals surface area contributed by atoms with E-state index in [1.54, 1.807) is 21.6 Å². The summed E-state index contributed by atoms with van der Waals surface area (Å²) in [7, 11) is -0.243. The molecule has 0 N–H and O–H groups in total. The maximum atomic E-state index is 2.99. The molecule has 3 aromatic carbocycles. The van der Waals surface area contributed by atoms with Gasteiger partial charge in [0.1, 0.15) is 0 Å². The third-order valence-corrected chi connectivity index (χ3v) is 3.11. The van der Waals surface area contributed by atoms with E-state index in [0.29, 0.717) is 0 Å². The van der Waals surface area contributed by atoms with Gasteiger partial charge in [-0.3, -0.25) is 6.08 Å². The van der Waals surface area contributed by atoms with Crippen LogP contribution in [0.5, 0.6) is 0 Å². The molecule has 1 aliphatic carbocycles. The molecule has 0 fully saturated rings. The van der Waals surface area contributed by atoms with Crippen LogP contribution in [0.25, 0.3) is 21.5 Å². The van der Waals surface area contributed by atoms with Gasteiger partial charge in [-0.15, -0.1) is 71.0 Å². The Hall–Kier alpha value is -0.204. The molecule has 0 amide bonds. The van der Waals surface area contributed by atoms with E-state index in [1.807, 2.05) is 12.2 Å². The molecule has 0 unspecified atom stereocenters. The minimum atomic E-state index is -0.243. The van der Waals surface area contributed by atoms with Crippen LogP contribution in [-0.4, -0.2) is 9.98 Å². The normalized spacial score (nSPS) is 10.8. The fourth-order valence-electron chi connectivity index (χ4n) is 2.24. The zero-order valence-corrected chi connectivity index (χ0v) is 20.1. The van der Waals surface area contributed by atoms with Crippen LogP contribution < -0.4 is 0 Å². The van der Waals surface area contributed by atoms with Crippen molar-refractivity contribution < 1.29 is 21.6 Å². The molecular weight excluding hydrogens is 475 g/mol. The summed E-state index contributed by atoms with van der Waals surface area (Å²) < 4.78 is 0. The number of rotatable bonds is 0. The molecule has 24 heavy (non-hydrogen) atoms. The van der Waals surface area contributed by atoms with Crippen molar-refractivity contribution in [3.8, 4) is 0 Å². The first-order valence-electron chi connectivity index (χ1n) is 7.45. The molecule has 0 heterocycles. The summed E-state index contributed by atoms with van der Waals surface area (Å²) in [4.78, 5) is 0. The Labute approximate surface area is 173 Å². The molecule has 0 aromatic heterocycles. The average molecular weight is 497 g/mol. The van der Waals surface area contributed by atoms with Crippen molar-refractivity contribution in [1.29, 1.82) is 0 Å². The first-order chi connectivity index (χ1) is 10.7. The summed E-state index contributed by atoms with van der Waals surface area (Å²) >= 11 is 1.80. The Kier molecular flexibility index (Phi) is 12.9. The van der Waals surface area contributed by atoms with Crippen LogP contribution in [0.3, 0.4) is 0 Å². The first-order valence-corrected chi connectivity index (χ1v) is 19.1. The molecule has 0 spiro atoms. The van der Waals surface area contributed by atoms with Crippen LogP contribution in [0, 0.1) is 6.08 Å². The molecule has 0 atom stereocenters. The van der Waals surface area contributed by atoms with E-state index in [2.05, 4.69) is 78.3 Å². The van der Waals surface area contributed by atoms with E-state index in [-0.39, 0.29) is 34.8 Å². The van der Waals surface area contributed by atoms with Gasteiger partial charge < -0.3 is 0 Å². The summed E-state index contributed by atoms with van der Waals surface area (Å²) in [5.74, 6) is 4.75. The SMILES string of the molecule is Cl.Cl.[C-]1=CC=CC1.[CH3][Ge]([CH3])=[Zr+2].c1ccc2c(c1)[cH-]c1ccccc12. The minimum absolute atomic E-state index is 0. The van der Waals surface area contributed by atoms with Crippen LogP contribution >= 0.6 is 24.8 Å². The monoisotopic (exact) mass is 496 g/mol. The standard InChI is InChI=1S/C13H9.C5H5.C2H6Ge.2ClH.Zr/c1-3-7-12-10(5-1)9-11-6-2-4-8-13(11)12;1-2-4-5-3-1;1-3-2;;;/h1-9H;1-3H,4H2;1-2H3;2*1H;/q2*-1;;;;+2. The molecule has 124 valence electrons. The second-order valence-electron chi connectivity index (χ2n) is 5.32. The zero-order valence-electron chi connectivity index (χ0n) is 14.0. The maximum absolute atomic E-state index is 2.99. The number of benzene rings is 2. The molecule has 4 heteroatoms. The van der Waals surface area contributed by atoms with E-state index in [0.717, 1.165) is 6.42 Å². The van der Waals surface area contributed by atoms with Gasteiger partial charge in [0, 0.05) is 0 Å². The molecule has 0 nitrogen and oxygen atoms in total. The molecule has 3 aromatic rings. The number of fused-ring (bicyclic) bond motifs is 3. The molecule has 0 saturated heterocycles. The number of hydrogen-bond donors (Lipinski definition) is 0. The Morgan fingerprint density at radius 2 is 1.38 bits per heavy atom. The van der Waals surface area contributed by atoms with Gasteiger partial charge >= 0.3 is 43.1 Å². The Bertz CT molecular complexity index is 754. The Morgan fingerprint density at radius 3 is 1.71 bits per heavy atom. The first kappa shape index (κ1) is 23.8. The fourth-order valence-corrected chi connectivity index (χ4v) is 2.24. The number of allylic oxidation sites excluding steroid dienone is 4. The third kappa shape index (κ3) is 7.79. The van der Waals surface area contributed by atoms with Gasteiger partial charge in [-0.25, -0.2) is 12.2 Å². The van der Waals surface area contributed by atoms with Gasteiger partial charge in [-0.2, -0.15) is 6.08 Å². The van der Waals surface area contributed by atoms with Crippen LogP contribution in [0.4, 0.5) is 0 Å². The smallest absolute Gasteiger partial charge is 0.0771 e. The molecule has 0 radical (unpaired) electrons. The van der Waals surface area contributed by atoms with Crippen molar-refractivity contribution in [2.24, 2.45) is 0 Å². The summed E-state index contributed by atoms with van der Waals surface area (Å²) in [5.41, 5.74) is 0. The van der Waals surface area contributed by atoms with Crippen molar-refractivity contribution >= 4 is 56.3 Å². The van der Waals surface area contributed by atoms with Gasteiger partial charge in [0.05, 0.1) is 0 Å². The van der Waals surface area contributed by atoms with Crippen molar-refractivity contribution in [2.45, 2.75) is 17.9 Å². The van der Waals surface area contributed by atoms with E-state index < -0.39 is 0 Å². The molecule has 0 saturated carbocycles. The average Bonchev–Trinajstić information content (AvgIpc) is 3.18. The maximum Gasteiger partial charge on any atom is -0.0771 e. The summed E-state index contributed by atoms with van der Waals surface area (Å²) in [6.45, 7) is 0. The molecule has 4 rings (SSSR count). The van der Waals surface area contributed by atoms with Gasteiger partial charge in [0.15, 0.2) is 0 Å². The quantitative estimate of drug-likeness (QED) is 0.241. The predicted octanol–water partition coefficient (Wildman–Crippen LogP) is 6.65. The van der Waals surface area contributed by atoms with Crippen molar-refractivity contribution in [2.75, 3.05) is 0 Å². The predicted molar refractivity (Wildman–Crippen MR) is 111 cm³/mol. The number of hydrogen-bond acceptors (Lipinski definition) is 0. The zero-order chi connectivity index (χ0) is 15.8. The minimum Gasteiger partial charge on any atom is -0.126 e. The summed E-state index contributed by atoms with van der Waals surface area (Å²) in [6, 6.07) is 19.3. The largest absolute Gasteiger partial charge is 0.126 e. The second kappa shape index (κ2) is 13.1. The molecular formula is C20H22Cl2GeZr. The summed E-state index contributed by atoms with van der Waals surface area (Å²) in [5, 5.41) is 5.39. The van der Waals surface area contributed by atoms with Crippen molar-refractivity contribution in [3.05, 3.63) is 78.9 Å². The van der Waals surface area contributed by atoms with E-state index in [1.165, 1.54) is 21.5 Å². The van der Waals surface area contributed by atoms with Crippen molar-refractivity contribution in [1.82, 2.24) is 0 Å². The number of halogens is 2. The molecule has 1 aliphatic rings.